The number of rotatable bonds is 0. The second-order valence-electron chi connectivity index (χ2n) is 20.1. The molecule has 0 saturated carbocycles. The van der Waals surface area contributed by atoms with Crippen LogP contribution in [-0.2, 0) is 68.5 Å². The molecular formula is C72H96N8O2S2. The highest BCUT2D eigenvalue weighted by Crippen LogP contribution is 2.39. The lowest BCUT2D eigenvalue weighted by Gasteiger charge is -1.99. The van der Waals surface area contributed by atoms with Crippen molar-refractivity contribution in [2.75, 3.05) is 12.4 Å². The maximum atomic E-state index is 5.36. The van der Waals surface area contributed by atoms with E-state index in [0.29, 0.717) is 17.1 Å². The fraction of sp³-hybridized carbons (Fsp3) is 0.444. The normalized spacial score (nSPS) is 17.7. The van der Waals surface area contributed by atoms with Crippen LogP contribution >= 0.6 is 23.5 Å². The number of ether oxygens (including phenoxy) is 2. The van der Waals surface area contributed by atoms with E-state index in [1.807, 2.05) is 165 Å². The van der Waals surface area contributed by atoms with Crippen LogP contribution < -0.4 is 4.74 Å². The lowest BCUT2D eigenvalue weighted by molar-refractivity contribution is 0.0779. The standard InChI is InChI=1S/C9H10.2C8H9NO.2C8H9NS.2C8H9N.C7H8N2.4C2H6/c1-2-5-9-7-3-6-8(9)4-1;1-6-8-7(5-10-6)3-2-4-9-8;1-6-5-10-7-3-2-4-9-8(6)7;1-6-8-7(5-10-6)3-2-4-9-8;1-6-5-10-7-3-2-4-9-8(6)7;2*1-3-7-4-2-6-9-8(7)5-1;1-2-6-7(3-1)9-5-4-8-6;4*1-2/h1-2,4-5H,3,6-7H2;4*2-4,6H,5H2,1H3;2*2,4,6H,1,3,5H2;4-5H,1-3H2;4*1-2H3. The molecule has 0 amide bonds. The second-order valence-corrected chi connectivity index (χ2v) is 22.4. The van der Waals surface area contributed by atoms with E-state index >= 15 is 0 Å². The van der Waals surface area contributed by atoms with Crippen molar-refractivity contribution in [1.29, 1.82) is 0 Å². The molecule has 0 fully saturated rings. The van der Waals surface area contributed by atoms with Crippen LogP contribution in [0.4, 0.5) is 0 Å². The van der Waals surface area contributed by atoms with Gasteiger partial charge in [-0.15, -0.1) is 23.5 Å². The molecular weight excluding hydrogens is 1070 g/mol. The first-order valence-electron chi connectivity index (χ1n) is 31.3. The van der Waals surface area contributed by atoms with Gasteiger partial charge in [0.2, 0.25) is 0 Å². The Morgan fingerprint density at radius 3 is 1.35 bits per heavy atom. The Kier molecular flexibility index (Phi) is 32.0. The first-order valence-corrected chi connectivity index (χ1v) is 33.4. The molecule has 1 aromatic carbocycles. The van der Waals surface area contributed by atoms with Gasteiger partial charge in [0.1, 0.15) is 5.75 Å². The van der Waals surface area contributed by atoms with Crippen LogP contribution in [0, 0.1) is 0 Å². The van der Waals surface area contributed by atoms with Crippen LogP contribution in [0.2, 0.25) is 0 Å². The molecule has 448 valence electrons. The van der Waals surface area contributed by atoms with Crippen LogP contribution in [0.3, 0.4) is 0 Å². The molecule has 0 N–H and O–H groups in total. The van der Waals surface area contributed by atoms with E-state index in [1.165, 1.54) is 131 Å². The molecule has 10 nitrogen and oxygen atoms in total. The summed E-state index contributed by atoms with van der Waals surface area (Å²) in [5.74, 6) is 4.42. The van der Waals surface area contributed by atoms with Gasteiger partial charge in [0.25, 0.3) is 0 Å². The zero-order chi connectivity index (χ0) is 60.3. The highest BCUT2D eigenvalue weighted by Gasteiger charge is 2.22. The van der Waals surface area contributed by atoms with Crippen LogP contribution in [0.1, 0.15) is 211 Å². The summed E-state index contributed by atoms with van der Waals surface area (Å²) in [6.45, 7) is 26.1. The Morgan fingerprint density at radius 1 is 0.381 bits per heavy atom. The largest absolute Gasteiger partial charge is 0.491 e. The molecule has 4 aliphatic heterocycles. The molecule has 4 aliphatic carbocycles. The fourth-order valence-corrected chi connectivity index (χ4v) is 12.5. The summed E-state index contributed by atoms with van der Waals surface area (Å²) < 4.78 is 10.7. The van der Waals surface area contributed by atoms with Crippen LogP contribution in [0.25, 0.3) is 0 Å². The summed E-state index contributed by atoms with van der Waals surface area (Å²) in [6, 6.07) is 33.3. The lowest BCUT2D eigenvalue weighted by Crippen LogP contribution is -1.94. The monoisotopic (exact) mass is 1170 g/mol. The molecule has 7 aromatic heterocycles. The first kappa shape index (κ1) is 68.4. The Balaban J connectivity index is 0.000000173. The van der Waals surface area contributed by atoms with Gasteiger partial charge in [0.05, 0.1) is 53.5 Å². The zero-order valence-electron chi connectivity index (χ0n) is 52.7. The van der Waals surface area contributed by atoms with Crippen molar-refractivity contribution in [3.63, 3.8) is 0 Å². The van der Waals surface area contributed by atoms with Gasteiger partial charge in [-0.05, 0) is 167 Å². The molecule has 0 bridgehead atoms. The molecule has 16 rings (SSSR count). The SMILES string of the molecule is CC.CC.CC.CC.CC1COc2cccnc21.CC1CSc2cccnc21.CC1OCc2cccnc21.CC1SCc2cccnc21.c1ccc2c(c1)CCC2.c1cnc2c(c1)CCC2.c1cnc2c(c1)CCC2.c1cnc2c(n1)CCC2. The molecule has 0 spiro atoms. The summed E-state index contributed by atoms with van der Waals surface area (Å²) in [7, 11) is 0. The van der Waals surface area contributed by atoms with Gasteiger partial charge >= 0.3 is 0 Å². The van der Waals surface area contributed by atoms with Crippen molar-refractivity contribution in [2.24, 2.45) is 0 Å². The molecule has 4 unspecified atom stereocenters. The minimum absolute atomic E-state index is 0.191. The van der Waals surface area contributed by atoms with Crippen molar-refractivity contribution in [3.05, 3.63) is 226 Å². The molecule has 11 heterocycles. The molecule has 12 heteroatoms. The van der Waals surface area contributed by atoms with E-state index in [4.69, 9.17) is 9.47 Å². The van der Waals surface area contributed by atoms with Gasteiger partial charge in [0.15, 0.2) is 0 Å². The summed E-state index contributed by atoms with van der Waals surface area (Å²) in [4.78, 5) is 35.4. The van der Waals surface area contributed by atoms with E-state index in [1.54, 1.807) is 23.5 Å². The third-order valence-electron chi connectivity index (χ3n) is 14.5. The maximum Gasteiger partial charge on any atom is 0.141 e. The van der Waals surface area contributed by atoms with Crippen molar-refractivity contribution in [2.45, 2.75) is 201 Å². The number of nitrogens with zero attached hydrogens (tertiary/aromatic N) is 8. The predicted molar refractivity (Wildman–Crippen MR) is 353 cm³/mol. The molecule has 0 saturated heterocycles. The topological polar surface area (TPSA) is 122 Å². The Bertz CT molecular complexity index is 2600. The molecule has 0 radical (unpaired) electrons. The summed E-state index contributed by atoms with van der Waals surface area (Å²) >= 11 is 3.88. The number of hydrogen-bond donors (Lipinski definition) is 0. The number of fused-ring (bicyclic) bond motifs is 8. The van der Waals surface area contributed by atoms with E-state index < -0.39 is 0 Å². The van der Waals surface area contributed by atoms with E-state index in [9.17, 15) is 0 Å². The minimum atomic E-state index is 0.191. The van der Waals surface area contributed by atoms with Crippen LogP contribution in [-0.4, -0.2) is 52.2 Å². The molecule has 8 aliphatic rings. The number of pyridine rings is 6. The zero-order valence-corrected chi connectivity index (χ0v) is 54.3. The lowest BCUT2D eigenvalue weighted by atomic mass is 10.1. The van der Waals surface area contributed by atoms with Gasteiger partial charge in [0, 0.05) is 100 Å². The summed E-state index contributed by atoms with van der Waals surface area (Å²) in [5.41, 5.74) is 18.5. The third-order valence-corrected chi connectivity index (χ3v) is 17.0. The summed E-state index contributed by atoms with van der Waals surface area (Å²) in [5, 5.41) is 0.608. The van der Waals surface area contributed by atoms with Gasteiger partial charge in [-0.25, -0.2) is 0 Å². The van der Waals surface area contributed by atoms with E-state index in [2.05, 4.69) is 115 Å². The number of hydrogen-bond acceptors (Lipinski definition) is 12. The summed E-state index contributed by atoms with van der Waals surface area (Å²) in [6.07, 6.45) is 29.8. The van der Waals surface area contributed by atoms with Crippen molar-refractivity contribution in [1.82, 2.24) is 39.9 Å². The molecule has 84 heavy (non-hydrogen) atoms. The van der Waals surface area contributed by atoms with Crippen LogP contribution in [0.5, 0.6) is 5.75 Å². The minimum Gasteiger partial charge on any atom is -0.491 e. The number of aryl methyl sites for hydroxylation is 8. The fourth-order valence-electron chi connectivity index (χ4n) is 10.3. The average molecular weight is 1170 g/mol. The van der Waals surface area contributed by atoms with Gasteiger partial charge in [-0.1, -0.05) is 118 Å². The van der Waals surface area contributed by atoms with Gasteiger partial charge < -0.3 is 9.47 Å². The number of thioether (sulfide) groups is 2. The van der Waals surface area contributed by atoms with E-state index in [0.717, 1.165) is 48.9 Å². The second kappa shape index (κ2) is 39.3. The number of aromatic nitrogens is 8. The number of benzene rings is 1. The van der Waals surface area contributed by atoms with Crippen LogP contribution in [0.15, 0.2) is 152 Å². The molecule has 4 atom stereocenters. The Morgan fingerprint density at radius 2 is 0.810 bits per heavy atom. The quantitative estimate of drug-likeness (QED) is 0.144. The average Bonchev–Trinajstić information content (AvgIpc) is 4.53. The third kappa shape index (κ3) is 21.0. The van der Waals surface area contributed by atoms with Gasteiger partial charge in [-0.2, -0.15) is 0 Å². The van der Waals surface area contributed by atoms with Crippen molar-refractivity contribution < 1.29 is 9.47 Å². The Hall–Kier alpha value is -6.34. The van der Waals surface area contributed by atoms with E-state index in [-0.39, 0.29) is 6.10 Å². The predicted octanol–water partition coefficient (Wildman–Crippen LogP) is 18.3. The maximum absolute atomic E-state index is 5.36. The Labute approximate surface area is 514 Å². The highest BCUT2D eigenvalue weighted by atomic mass is 32.2. The first-order chi connectivity index (χ1) is 41.4. The molecule has 8 aromatic rings. The van der Waals surface area contributed by atoms with Gasteiger partial charge in [-0.3, -0.25) is 39.9 Å². The van der Waals surface area contributed by atoms with Crippen molar-refractivity contribution >= 4 is 23.5 Å². The smallest absolute Gasteiger partial charge is 0.141 e. The highest BCUT2D eigenvalue weighted by molar-refractivity contribution is 7.99. The van der Waals surface area contributed by atoms with Crippen molar-refractivity contribution in [3.8, 4) is 5.75 Å².